The largest absolute Gasteiger partial charge is 0.321 e. The van der Waals surface area contributed by atoms with Gasteiger partial charge < -0.3 is 5.32 Å². The first-order valence-corrected chi connectivity index (χ1v) is 6.38. The van der Waals surface area contributed by atoms with Crippen LogP contribution in [0.4, 0.5) is 23.2 Å². The SMILES string of the molecule is O=C(Nc1ccccc1I)c1cc(F)c(F)c(F)c1F. The summed E-state index contributed by atoms with van der Waals surface area (Å²) in [6.45, 7) is 0. The van der Waals surface area contributed by atoms with Crippen LogP contribution in [0.2, 0.25) is 0 Å². The second-order valence-corrected chi connectivity index (χ2v) is 4.94. The Labute approximate surface area is 124 Å². The van der Waals surface area contributed by atoms with Crippen LogP contribution in [-0.4, -0.2) is 5.91 Å². The Morgan fingerprint density at radius 3 is 2.30 bits per heavy atom. The van der Waals surface area contributed by atoms with Crippen LogP contribution in [0.1, 0.15) is 10.4 Å². The van der Waals surface area contributed by atoms with Crippen molar-refractivity contribution in [2.45, 2.75) is 0 Å². The van der Waals surface area contributed by atoms with Gasteiger partial charge in [-0.3, -0.25) is 4.79 Å². The molecule has 0 aliphatic heterocycles. The smallest absolute Gasteiger partial charge is 0.258 e. The average Bonchev–Trinajstić information content (AvgIpc) is 2.43. The zero-order valence-corrected chi connectivity index (χ0v) is 11.8. The van der Waals surface area contributed by atoms with Crippen LogP contribution in [0, 0.1) is 26.8 Å². The minimum absolute atomic E-state index is 0.318. The number of nitrogens with one attached hydrogen (secondary N) is 1. The Hall–Kier alpha value is -1.64. The number of halogens is 5. The molecule has 0 radical (unpaired) electrons. The number of carbonyl (C=O) groups excluding carboxylic acids is 1. The van der Waals surface area contributed by atoms with Crippen LogP contribution in [0.3, 0.4) is 0 Å². The molecule has 2 aromatic rings. The standard InChI is InChI=1S/C13H6F4INO/c14-7-5-6(10(15)12(17)11(7)16)13(20)19-9-4-2-1-3-8(9)18/h1-5H,(H,19,20). The molecule has 0 aromatic heterocycles. The third-order valence-electron chi connectivity index (χ3n) is 2.47. The van der Waals surface area contributed by atoms with E-state index < -0.39 is 34.7 Å². The van der Waals surface area contributed by atoms with Crippen molar-refractivity contribution in [2.75, 3.05) is 5.32 Å². The first-order chi connectivity index (χ1) is 9.41. The van der Waals surface area contributed by atoms with E-state index in [1.54, 1.807) is 18.2 Å². The summed E-state index contributed by atoms with van der Waals surface area (Å²) in [5.41, 5.74) is -0.552. The van der Waals surface area contributed by atoms with Gasteiger partial charge in [0.25, 0.3) is 5.91 Å². The first kappa shape index (κ1) is 14.8. The van der Waals surface area contributed by atoms with E-state index in [0.29, 0.717) is 15.3 Å². The summed E-state index contributed by atoms with van der Waals surface area (Å²) in [5, 5.41) is 2.30. The van der Waals surface area contributed by atoms with Gasteiger partial charge in [0, 0.05) is 3.57 Å². The lowest BCUT2D eigenvalue weighted by Crippen LogP contribution is -2.16. The molecule has 1 N–H and O–H groups in total. The molecule has 2 aromatic carbocycles. The van der Waals surface area contributed by atoms with Gasteiger partial charge in [-0.05, 0) is 40.8 Å². The molecule has 0 fully saturated rings. The molecule has 2 rings (SSSR count). The molecule has 0 aliphatic rings. The normalized spacial score (nSPS) is 10.4. The summed E-state index contributed by atoms with van der Waals surface area (Å²) < 4.78 is 53.0. The van der Waals surface area contributed by atoms with Crippen molar-refractivity contribution in [1.82, 2.24) is 0 Å². The van der Waals surface area contributed by atoms with Crippen molar-refractivity contribution in [1.29, 1.82) is 0 Å². The van der Waals surface area contributed by atoms with Crippen molar-refractivity contribution in [3.8, 4) is 0 Å². The molecule has 0 heterocycles. The van der Waals surface area contributed by atoms with Gasteiger partial charge in [-0.15, -0.1) is 0 Å². The van der Waals surface area contributed by atoms with Gasteiger partial charge in [-0.1, -0.05) is 12.1 Å². The van der Waals surface area contributed by atoms with E-state index in [0.717, 1.165) is 0 Å². The van der Waals surface area contributed by atoms with Gasteiger partial charge in [0.05, 0.1) is 11.3 Å². The summed E-state index contributed by atoms with van der Waals surface area (Å²) >= 11 is 1.92. The molecule has 0 unspecified atom stereocenters. The Morgan fingerprint density at radius 2 is 1.65 bits per heavy atom. The van der Waals surface area contributed by atoms with Crippen LogP contribution in [-0.2, 0) is 0 Å². The van der Waals surface area contributed by atoms with E-state index in [4.69, 9.17) is 0 Å². The van der Waals surface area contributed by atoms with Crippen molar-refractivity contribution in [2.24, 2.45) is 0 Å². The van der Waals surface area contributed by atoms with E-state index in [9.17, 15) is 22.4 Å². The van der Waals surface area contributed by atoms with E-state index >= 15 is 0 Å². The predicted molar refractivity (Wildman–Crippen MR) is 73.4 cm³/mol. The lowest BCUT2D eigenvalue weighted by molar-refractivity contribution is 0.102. The van der Waals surface area contributed by atoms with Crippen LogP contribution < -0.4 is 5.32 Å². The van der Waals surface area contributed by atoms with Gasteiger partial charge in [0.15, 0.2) is 23.3 Å². The molecule has 0 aliphatic carbocycles. The Morgan fingerprint density at radius 1 is 1.00 bits per heavy atom. The van der Waals surface area contributed by atoms with E-state index in [2.05, 4.69) is 5.32 Å². The second-order valence-electron chi connectivity index (χ2n) is 3.78. The number of anilines is 1. The number of para-hydroxylation sites is 1. The minimum atomic E-state index is -2.02. The van der Waals surface area contributed by atoms with Crippen LogP contribution in [0.15, 0.2) is 30.3 Å². The molecule has 0 bridgehead atoms. The van der Waals surface area contributed by atoms with Crippen molar-refractivity contribution in [3.63, 3.8) is 0 Å². The topological polar surface area (TPSA) is 29.1 Å². The molecule has 0 atom stereocenters. The number of hydrogen-bond donors (Lipinski definition) is 1. The fourth-order valence-corrected chi connectivity index (χ4v) is 2.01. The lowest BCUT2D eigenvalue weighted by atomic mass is 10.1. The Bertz CT molecular complexity index is 690. The molecule has 2 nitrogen and oxygen atoms in total. The average molecular weight is 395 g/mol. The fourth-order valence-electron chi connectivity index (χ4n) is 1.49. The lowest BCUT2D eigenvalue weighted by Gasteiger charge is -2.09. The second kappa shape index (κ2) is 5.78. The maximum atomic E-state index is 13.5. The Balaban J connectivity index is 2.38. The van der Waals surface area contributed by atoms with Crippen molar-refractivity contribution >= 4 is 34.2 Å². The summed E-state index contributed by atoms with van der Waals surface area (Å²) in [6, 6.07) is 6.88. The van der Waals surface area contributed by atoms with Crippen molar-refractivity contribution in [3.05, 3.63) is 62.7 Å². The molecular weight excluding hydrogens is 389 g/mol. The third kappa shape index (κ3) is 2.77. The maximum absolute atomic E-state index is 13.5. The highest BCUT2D eigenvalue weighted by molar-refractivity contribution is 14.1. The molecule has 20 heavy (non-hydrogen) atoms. The zero-order chi connectivity index (χ0) is 14.9. The summed E-state index contributed by atoms with van der Waals surface area (Å²) in [7, 11) is 0. The van der Waals surface area contributed by atoms with Gasteiger partial charge in [-0.25, -0.2) is 17.6 Å². The summed E-state index contributed by atoms with van der Waals surface area (Å²) in [4.78, 5) is 11.8. The molecule has 1 amide bonds. The molecule has 104 valence electrons. The maximum Gasteiger partial charge on any atom is 0.258 e. The predicted octanol–water partition coefficient (Wildman–Crippen LogP) is 4.10. The summed E-state index contributed by atoms with van der Waals surface area (Å²) in [6.07, 6.45) is 0. The quantitative estimate of drug-likeness (QED) is 0.353. The van der Waals surface area contributed by atoms with Crippen molar-refractivity contribution < 1.29 is 22.4 Å². The van der Waals surface area contributed by atoms with Gasteiger partial charge in [-0.2, -0.15) is 0 Å². The highest BCUT2D eigenvalue weighted by atomic mass is 127. The number of carbonyl (C=O) groups is 1. The van der Waals surface area contributed by atoms with Crippen LogP contribution in [0.5, 0.6) is 0 Å². The third-order valence-corrected chi connectivity index (χ3v) is 3.41. The Kier molecular flexibility index (Phi) is 4.26. The number of hydrogen-bond acceptors (Lipinski definition) is 1. The monoisotopic (exact) mass is 395 g/mol. The highest BCUT2D eigenvalue weighted by Gasteiger charge is 2.23. The van der Waals surface area contributed by atoms with Crippen LogP contribution in [0.25, 0.3) is 0 Å². The van der Waals surface area contributed by atoms with E-state index in [1.165, 1.54) is 6.07 Å². The van der Waals surface area contributed by atoms with E-state index in [-0.39, 0.29) is 0 Å². The zero-order valence-electron chi connectivity index (χ0n) is 9.68. The highest BCUT2D eigenvalue weighted by Crippen LogP contribution is 2.22. The molecule has 0 spiro atoms. The van der Waals surface area contributed by atoms with E-state index in [1.807, 2.05) is 22.6 Å². The van der Waals surface area contributed by atoms with Crippen LogP contribution >= 0.6 is 22.6 Å². The number of amides is 1. The first-order valence-electron chi connectivity index (χ1n) is 5.30. The molecule has 0 saturated heterocycles. The molecule has 7 heteroatoms. The number of rotatable bonds is 2. The van der Waals surface area contributed by atoms with Gasteiger partial charge in [0.1, 0.15) is 0 Å². The van der Waals surface area contributed by atoms with Gasteiger partial charge in [0.2, 0.25) is 0 Å². The van der Waals surface area contributed by atoms with Gasteiger partial charge >= 0.3 is 0 Å². The summed E-state index contributed by atoms with van der Waals surface area (Å²) in [5.74, 6) is -8.39. The number of benzene rings is 2. The fraction of sp³-hybridized carbons (Fsp3) is 0. The molecular formula is C13H6F4INO. The minimum Gasteiger partial charge on any atom is -0.321 e. The molecule has 0 saturated carbocycles.